The standard InChI is InChI=1S/C18H31N3/c1-14-8-15(2)10-16(9-14)11-17(19-3)12-18-13-20(4)6-7-21(18)5/h8-10,17-19H,6-7,11-13H2,1-5H3. The second-order valence-electron chi connectivity index (χ2n) is 6.82. The Morgan fingerprint density at radius 1 is 1.14 bits per heavy atom. The van der Waals surface area contributed by atoms with E-state index in [-0.39, 0.29) is 0 Å². The number of nitrogens with zero attached hydrogens (tertiary/aromatic N) is 2. The van der Waals surface area contributed by atoms with E-state index < -0.39 is 0 Å². The third kappa shape index (κ3) is 4.80. The van der Waals surface area contributed by atoms with Gasteiger partial charge in [-0.15, -0.1) is 0 Å². The molecule has 1 heterocycles. The van der Waals surface area contributed by atoms with Gasteiger partial charge in [0.05, 0.1) is 0 Å². The van der Waals surface area contributed by atoms with Crippen molar-refractivity contribution < 1.29 is 0 Å². The first-order valence-electron chi connectivity index (χ1n) is 8.11. The fourth-order valence-corrected chi connectivity index (χ4v) is 3.46. The Labute approximate surface area is 130 Å². The zero-order valence-electron chi connectivity index (χ0n) is 14.3. The first kappa shape index (κ1) is 16.5. The number of hydrogen-bond donors (Lipinski definition) is 1. The van der Waals surface area contributed by atoms with E-state index in [2.05, 4.69) is 68.3 Å². The maximum absolute atomic E-state index is 3.53. The van der Waals surface area contributed by atoms with Crippen LogP contribution in [0.4, 0.5) is 0 Å². The van der Waals surface area contributed by atoms with Crippen LogP contribution in [0.5, 0.6) is 0 Å². The van der Waals surface area contributed by atoms with E-state index >= 15 is 0 Å². The highest BCUT2D eigenvalue weighted by Crippen LogP contribution is 2.16. The Balaban J connectivity index is 1.99. The molecule has 1 aromatic rings. The molecule has 2 atom stereocenters. The topological polar surface area (TPSA) is 18.5 Å². The van der Waals surface area contributed by atoms with Crippen LogP contribution in [0.15, 0.2) is 18.2 Å². The zero-order valence-corrected chi connectivity index (χ0v) is 14.3. The molecule has 1 aliphatic heterocycles. The van der Waals surface area contributed by atoms with E-state index in [1.54, 1.807) is 0 Å². The number of aryl methyl sites for hydroxylation is 2. The van der Waals surface area contributed by atoms with Gasteiger partial charge in [0.2, 0.25) is 0 Å². The molecule has 0 amide bonds. The average molecular weight is 289 g/mol. The fourth-order valence-electron chi connectivity index (χ4n) is 3.46. The first-order valence-corrected chi connectivity index (χ1v) is 8.11. The molecule has 1 aliphatic rings. The summed E-state index contributed by atoms with van der Waals surface area (Å²) in [7, 11) is 6.60. The second kappa shape index (κ2) is 7.39. The summed E-state index contributed by atoms with van der Waals surface area (Å²) in [5.74, 6) is 0. The van der Waals surface area contributed by atoms with E-state index in [1.165, 1.54) is 42.7 Å². The molecule has 2 unspecified atom stereocenters. The van der Waals surface area contributed by atoms with Crippen LogP contribution in [0.2, 0.25) is 0 Å². The van der Waals surface area contributed by atoms with Crippen molar-refractivity contribution in [3.8, 4) is 0 Å². The van der Waals surface area contributed by atoms with Crippen molar-refractivity contribution >= 4 is 0 Å². The van der Waals surface area contributed by atoms with Gasteiger partial charge in [-0.2, -0.15) is 0 Å². The van der Waals surface area contributed by atoms with Gasteiger partial charge in [-0.05, 0) is 53.4 Å². The summed E-state index contributed by atoms with van der Waals surface area (Å²) in [6, 6.07) is 8.11. The molecular formula is C18H31N3. The molecule has 3 nitrogen and oxygen atoms in total. The molecule has 1 saturated heterocycles. The minimum atomic E-state index is 0.546. The van der Waals surface area contributed by atoms with Crippen molar-refractivity contribution in [1.29, 1.82) is 0 Å². The van der Waals surface area contributed by atoms with E-state index in [9.17, 15) is 0 Å². The number of piperazine rings is 1. The van der Waals surface area contributed by atoms with Crippen LogP contribution in [0, 0.1) is 13.8 Å². The minimum Gasteiger partial charge on any atom is -0.317 e. The van der Waals surface area contributed by atoms with Crippen LogP contribution in [0.25, 0.3) is 0 Å². The minimum absolute atomic E-state index is 0.546. The van der Waals surface area contributed by atoms with Gasteiger partial charge in [0, 0.05) is 31.7 Å². The molecule has 0 radical (unpaired) electrons. The highest BCUT2D eigenvalue weighted by atomic mass is 15.3. The number of nitrogens with one attached hydrogen (secondary N) is 1. The molecule has 21 heavy (non-hydrogen) atoms. The summed E-state index contributed by atoms with van der Waals surface area (Å²) in [5.41, 5.74) is 4.20. The SMILES string of the molecule is CNC(Cc1cc(C)cc(C)c1)CC1CN(C)CCN1C. The molecule has 118 valence electrons. The predicted molar refractivity (Wildman–Crippen MR) is 91.0 cm³/mol. The Morgan fingerprint density at radius 2 is 1.81 bits per heavy atom. The number of hydrogen-bond acceptors (Lipinski definition) is 3. The molecule has 1 fully saturated rings. The number of likely N-dealkylation sites (N-methyl/N-ethyl adjacent to an activating group) is 3. The lowest BCUT2D eigenvalue weighted by molar-refractivity contribution is 0.102. The van der Waals surface area contributed by atoms with Gasteiger partial charge in [0.25, 0.3) is 0 Å². The molecule has 0 saturated carbocycles. The molecule has 2 rings (SSSR count). The normalized spacial score (nSPS) is 22.4. The Morgan fingerprint density at radius 3 is 2.43 bits per heavy atom. The quantitative estimate of drug-likeness (QED) is 0.895. The lowest BCUT2D eigenvalue weighted by Crippen LogP contribution is -2.52. The first-order chi connectivity index (χ1) is 9.97. The van der Waals surface area contributed by atoms with Crippen molar-refractivity contribution in [2.24, 2.45) is 0 Å². The molecule has 0 aromatic heterocycles. The molecule has 0 spiro atoms. The number of rotatable bonds is 5. The zero-order chi connectivity index (χ0) is 15.4. The van der Waals surface area contributed by atoms with Crippen molar-refractivity contribution in [3.05, 3.63) is 34.9 Å². The summed E-state index contributed by atoms with van der Waals surface area (Å²) < 4.78 is 0. The van der Waals surface area contributed by atoms with Crippen LogP contribution in [-0.2, 0) is 6.42 Å². The van der Waals surface area contributed by atoms with Gasteiger partial charge in [-0.1, -0.05) is 29.3 Å². The van der Waals surface area contributed by atoms with Crippen LogP contribution >= 0.6 is 0 Å². The van der Waals surface area contributed by atoms with E-state index in [4.69, 9.17) is 0 Å². The second-order valence-corrected chi connectivity index (χ2v) is 6.82. The molecule has 1 aromatic carbocycles. The largest absolute Gasteiger partial charge is 0.317 e. The molecule has 3 heteroatoms. The summed E-state index contributed by atoms with van der Waals surface area (Å²) in [4.78, 5) is 4.97. The monoisotopic (exact) mass is 289 g/mol. The van der Waals surface area contributed by atoms with Crippen molar-refractivity contribution in [3.63, 3.8) is 0 Å². The van der Waals surface area contributed by atoms with Crippen molar-refractivity contribution in [2.75, 3.05) is 40.8 Å². The van der Waals surface area contributed by atoms with Gasteiger partial charge in [-0.25, -0.2) is 0 Å². The highest BCUT2D eigenvalue weighted by Gasteiger charge is 2.24. The van der Waals surface area contributed by atoms with Gasteiger partial charge in [0.15, 0.2) is 0 Å². The number of benzene rings is 1. The van der Waals surface area contributed by atoms with Crippen LogP contribution in [0.1, 0.15) is 23.1 Å². The summed E-state index contributed by atoms with van der Waals surface area (Å²) in [6.45, 7) is 7.93. The van der Waals surface area contributed by atoms with Crippen LogP contribution in [-0.4, -0.2) is 62.7 Å². The summed E-state index contributed by atoms with van der Waals surface area (Å²) >= 11 is 0. The fraction of sp³-hybridized carbons (Fsp3) is 0.667. The lowest BCUT2D eigenvalue weighted by atomic mass is 9.95. The van der Waals surface area contributed by atoms with E-state index in [1.807, 2.05) is 0 Å². The van der Waals surface area contributed by atoms with Crippen LogP contribution < -0.4 is 5.32 Å². The average Bonchev–Trinajstić information content (AvgIpc) is 2.41. The lowest BCUT2D eigenvalue weighted by Gasteiger charge is -2.39. The third-order valence-corrected chi connectivity index (χ3v) is 4.71. The molecule has 1 N–H and O–H groups in total. The molecule has 0 aliphatic carbocycles. The molecular weight excluding hydrogens is 258 g/mol. The summed E-state index contributed by atoms with van der Waals surface area (Å²) in [5, 5.41) is 3.53. The van der Waals surface area contributed by atoms with Gasteiger partial charge in [-0.3, -0.25) is 0 Å². The van der Waals surface area contributed by atoms with Gasteiger partial charge >= 0.3 is 0 Å². The maximum atomic E-state index is 3.53. The maximum Gasteiger partial charge on any atom is 0.0235 e. The predicted octanol–water partition coefficient (Wildman–Crippen LogP) is 2.07. The van der Waals surface area contributed by atoms with Gasteiger partial charge < -0.3 is 15.1 Å². The van der Waals surface area contributed by atoms with Crippen LogP contribution in [0.3, 0.4) is 0 Å². The van der Waals surface area contributed by atoms with Gasteiger partial charge in [0.1, 0.15) is 0 Å². The highest BCUT2D eigenvalue weighted by molar-refractivity contribution is 5.29. The third-order valence-electron chi connectivity index (χ3n) is 4.71. The Kier molecular flexibility index (Phi) is 5.80. The van der Waals surface area contributed by atoms with Crippen molar-refractivity contribution in [1.82, 2.24) is 15.1 Å². The molecule has 0 bridgehead atoms. The van der Waals surface area contributed by atoms with E-state index in [0.717, 1.165) is 6.42 Å². The van der Waals surface area contributed by atoms with Crippen molar-refractivity contribution in [2.45, 2.75) is 38.8 Å². The summed E-state index contributed by atoms with van der Waals surface area (Å²) in [6.07, 6.45) is 2.33. The Hall–Kier alpha value is -0.900. The smallest absolute Gasteiger partial charge is 0.0235 e. The van der Waals surface area contributed by atoms with E-state index in [0.29, 0.717) is 12.1 Å². The Bertz CT molecular complexity index is 438.